The monoisotopic (exact) mass is 372 g/mol. The number of nitrogens with zero attached hydrogens (tertiary/aromatic N) is 2. The highest BCUT2D eigenvalue weighted by molar-refractivity contribution is 5.85. The van der Waals surface area contributed by atoms with E-state index in [0.717, 1.165) is 57.4 Å². The number of piperidine rings is 1. The number of rotatable bonds is 3. The van der Waals surface area contributed by atoms with Crippen molar-refractivity contribution in [3.8, 4) is 0 Å². The summed E-state index contributed by atoms with van der Waals surface area (Å²) in [5.74, 6) is 0.235. The van der Waals surface area contributed by atoms with E-state index in [1.807, 2.05) is 30.3 Å². The predicted molar refractivity (Wildman–Crippen MR) is 100 cm³/mol. The van der Waals surface area contributed by atoms with Crippen molar-refractivity contribution in [2.75, 3.05) is 32.8 Å². The molecule has 0 radical (unpaired) electrons. The summed E-state index contributed by atoms with van der Waals surface area (Å²) >= 11 is 0. The molecule has 0 aliphatic carbocycles. The van der Waals surface area contributed by atoms with Gasteiger partial charge in [-0.1, -0.05) is 30.3 Å². The summed E-state index contributed by atoms with van der Waals surface area (Å²) in [6.07, 6.45) is 4.15. The maximum Gasteiger partial charge on any atom is 0.410 e. The van der Waals surface area contributed by atoms with Crippen LogP contribution in [0.3, 0.4) is 0 Å². The maximum atomic E-state index is 13.3. The van der Waals surface area contributed by atoms with Crippen LogP contribution in [-0.4, -0.2) is 60.7 Å². The highest BCUT2D eigenvalue weighted by Gasteiger charge is 2.50. The van der Waals surface area contributed by atoms with E-state index in [-0.39, 0.29) is 18.6 Å². The Kier molecular flexibility index (Phi) is 5.34. The Hall–Kier alpha value is -2.08. The number of carbonyl (C=O) groups excluding carboxylic acids is 2. The Morgan fingerprint density at radius 3 is 2.70 bits per heavy atom. The molecule has 1 spiro atoms. The largest absolute Gasteiger partial charge is 0.445 e. The fourth-order valence-electron chi connectivity index (χ4n) is 4.66. The van der Waals surface area contributed by atoms with Crippen LogP contribution >= 0.6 is 0 Å². The van der Waals surface area contributed by atoms with Crippen molar-refractivity contribution in [2.45, 2.75) is 44.8 Å². The number of benzene rings is 1. The second-order valence-electron chi connectivity index (χ2n) is 7.94. The van der Waals surface area contributed by atoms with Gasteiger partial charge in [0.05, 0.1) is 5.41 Å². The van der Waals surface area contributed by atoms with Gasteiger partial charge in [-0.2, -0.15) is 0 Å². The molecule has 146 valence electrons. The fraction of sp³-hybridized carbons (Fsp3) is 0.619. The average molecular weight is 372 g/mol. The molecule has 6 heteroatoms. The van der Waals surface area contributed by atoms with Crippen LogP contribution in [0.25, 0.3) is 0 Å². The van der Waals surface area contributed by atoms with Crippen LogP contribution in [0.4, 0.5) is 4.79 Å². The van der Waals surface area contributed by atoms with Crippen LogP contribution < -0.4 is 0 Å². The summed E-state index contributed by atoms with van der Waals surface area (Å²) in [5, 5.41) is 0. The predicted octanol–water partition coefficient (Wildman–Crippen LogP) is 2.82. The molecule has 3 aliphatic rings. The van der Waals surface area contributed by atoms with E-state index in [1.165, 1.54) is 0 Å². The Morgan fingerprint density at radius 1 is 1.15 bits per heavy atom. The lowest BCUT2D eigenvalue weighted by Crippen LogP contribution is -2.55. The molecule has 1 aromatic rings. The molecule has 3 fully saturated rings. The number of carbonyl (C=O) groups is 2. The van der Waals surface area contributed by atoms with Crippen LogP contribution in [0.1, 0.15) is 37.7 Å². The third kappa shape index (κ3) is 3.81. The van der Waals surface area contributed by atoms with Crippen molar-refractivity contribution >= 4 is 12.0 Å². The molecule has 3 saturated heterocycles. The number of amides is 2. The van der Waals surface area contributed by atoms with Gasteiger partial charge in [0.1, 0.15) is 6.61 Å². The zero-order chi connectivity index (χ0) is 18.7. The van der Waals surface area contributed by atoms with E-state index < -0.39 is 5.41 Å². The van der Waals surface area contributed by atoms with E-state index in [0.29, 0.717) is 19.1 Å². The topological polar surface area (TPSA) is 59.1 Å². The minimum absolute atomic E-state index is 0.235. The molecule has 1 unspecified atom stereocenters. The molecule has 4 rings (SSSR count). The van der Waals surface area contributed by atoms with Gasteiger partial charge in [-0.15, -0.1) is 0 Å². The Bertz CT molecular complexity index is 674. The van der Waals surface area contributed by atoms with Crippen LogP contribution in [0, 0.1) is 5.41 Å². The molecule has 6 nitrogen and oxygen atoms in total. The van der Waals surface area contributed by atoms with Gasteiger partial charge in [-0.25, -0.2) is 4.79 Å². The number of ether oxygens (including phenoxy) is 2. The van der Waals surface area contributed by atoms with Crippen LogP contribution in [-0.2, 0) is 20.9 Å². The van der Waals surface area contributed by atoms with E-state index >= 15 is 0 Å². The van der Waals surface area contributed by atoms with Crippen LogP contribution in [0.5, 0.6) is 0 Å². The minimum atomic E-state index is -0.414. The first-order valence-corrected chi connectivity index (χ1v) is 10.0. The minimum Gasteiger partial charge on any atom is -0.445 e. The maximum absolute atomic E-state index is 13.3. The van der Waals surface area contributed by atoms with Crippen molar-refractivity contribution in [3.63, 3.8) is 0 Å². The highest BCUT2D eigenvalue weighted by Crippen LogP contribution is 2.41. The van der Waals surface area contributed by atoms with Gasteiger partial charge in [0.2, 0.25) is 5.91 Å². The second-order valence-corrected chi connectivity index (χ2v) is 7.94. The molecule has 3 heterocycles. The zero-order valence-electron chi connectivity index (χ0n) is 15.8. The summed E-state index contributed by atoms with van der Waals surface area (Å²) in [4.78, 5) is 29.6. The normalized spacial score (nSPS) is 26.6. The Balaban J connectivity index is 1.36. The molecule has 2 amide bonds. The summed E-state index contributed by atoms with van der Waals surface area (Å²) in [5.41, 5.74) is 0.557. The van der Waals surface area contributed by atoms with Crippen molar-refractivity contribution in [1.82, 2.24) is 9.80 Å². The zero-order valence-corrected chi connectivity index (χ0v) is 15.8. The Morgan fingerprint density at radius 2 is 1.93 bits per heavy atom. The van der Waals surface area contributed by atoms with E-state index in [1.54, 1.807) is 4.90 Å². The lowest BCUT2D eigenvalue weighted by molar-refractivity contribution is -0.150. The van der Waals surface area contributed by atoms with Crippen LogP contribution in [0.2, 0.25) is 0 Å². The number of hydrogen-bond acceptors (Lipinski definition) is 4. The SMILES string of the molecule is O=C(OCc1ccccc1)N1CCC2(CCCN(C3CCOCC3)C2=O)C1. The number of likely N-dealkylation sites (tertiary alicyclic amines) is 2. The van der Waals surface area contributed by atoms with E-state index in [4.69, 9.17) is 9.47 Å². The van der Waals surface area contributed by atoms with Crippen LogP contribution in [0.15, 0.2) is 30.3 Å². The quantitative estimate of drug-likeness (QED) is 0.819. The Labute approximate surface area is 160 Å². The number of hydrogen-bond donors (Lipinski definition) is 0. The van der Waals surface area contributed by atoms with Gasteiger partial charge in [0.25, 0.3) is 0 Å². The molecular formula is C21H28N2O4. The highest BCUT2D eigenvalue weighted by atomic mass is 16.6. The van der Waals surface area contributed by atoms with Gasteiger partial charge < -0.3 is 19.3 Å². The molecule has 0 saturated carbocycles. The fourth-order valence-corrected chi connectivity index (χ4v) is 4.66. The molecule has 0 N–H and O–H groups in total. The summed E-state index contributed by atoms with van der Waals surface area (Å²) < 4.78 is 10.9. The standard InChI is InChI=1S/C21H28N2O4/c24-19-21(9-4-11-23(19)18-7-13-26-14-8-18)10-12-22(16-21)20(25)27-15-17-5-2-1-3-6-17/h1-3,5-6,18H,4,7-16H2. The average Bonchev–Trinajstić information content (AvgIpc) is 3.15. The summed E-state index contributed by atoms with van der Waals surface area (Å²) in [6.45, 7) is 3.66. The first-order chi connectivity index (χ1) is 13.2. The summed E-state index contributed by atoms with van der Waals surface area (Å²) in [6, 6.07) is 9.97. The van der Waals surface area contributed by atoms with Crippen molar-refractivity contribution in [1.29, 1.82) is 0 Å². The van der Waals surface area contributed by atoms with E-state index in [2.05, 4.69) is 4.90 Å². The second kappa shape index (κ2) is 7.89. The molecule has 0 aromatic heterocycles. The molecule has 0 bridgehead atoms. The first kappa shape index (κ1) is 18.3. The lowest BCUT2D eigenvalue weighted by atomic mass is 9.77. The van der Waals surface area contributed by atoms with Gasteiger partial charge in [0, 0.05) is 38.9 Å². The first-order valence-electron chi connectivity index (χ1n) is 10.0. The van der Waals surface area contributed by atoms with Gasteiger partial charge in [-0.3, -0.25) is 4.79 Å². The van der Waals surface area contributed by atoms with Gasteiger partial charge in [-0.05, 0) is 37.7 Å². The third-order valence-corrected chi connectivity index (χ3v) is 6.22. The lowest BCUT2D eigenvalue weighted by Gasteiger charge is -2.44. The third-order valence-electron chi connectivity index (χ3n) is 6.22. The molecule has 1 aromatic carbocycles. The van der Waals surface area contributed by atoms with Crippen molar-refractivity contribution < 1.29 is 19.1 Å². The van der Waals surface area contributed by atoms with Gasteiger partial charge >= 0.3 is 6.09 Å². The molecule has 27 heavy (non-hydrogen) atoms. The van der Waals surface area contributed by atoms with Gasteiger partial charge in [0.15, 0.2) is 0 Å². The van der Waals surface area contributed by atoms with E-state index in [9.17, 15) is 9.59 Å². The van der Waals surface area contributed by atoms with Crippen molar-refractivity contribution in [2.24, 2.45) is 5.41 Å². The van der Waals surface area contributed by atoms with Crippen molar-refractivity contribution in [3.05, 3.63) is 35.9 Å². The smallest absolute Gasteiger partial charge is 0.410 e. The molecular weight excluding hydrogens is 344 g/mol. The molecule has 3 aliphatic heterocycles. The summed E-state index contributed by atoms with van der Waals surface area (Å²) in [7, 11) is 0. The molecule has 1 atom stereocenters.